The Morgan fingerprint density at radius 2 is 1.74 bits per heavy atom. The molecule has 3 heterocycles. The number of methoxy groups -OCH3 is 3. The first-order valence-electron chi connectivity index (χ1n) is 10.3. The number of aromatic nitrogens is 2. The monoisotopic (exact) mass is 495 g/mol. The lowest BCUT2D eigenvalue weighted by Crippen LogP contribution is -2.29. The van der Waals surface area contributed by atoms with E-state index in [1.165, 1.54) is 50.8 Å². The Kier molecular flexibility index (Phi) is 6.52. The molecular weight excluding hydrogens is 474 g/mol. The molecule has 1 saturated heterocycles. The van der Waals surface area contributed by atoms with E-state index < -0.39 is 23.7 Å². The van der Waals surface area contributed by atoms with Gasteiger partial charge in [0.25, 0.3) is 5.78 Å². The van der Waals surface area contributed by atoms with Crippen LogP contribution in [0, 0.1) is 6.92 Å². The highest BCUT2D eigenvalue weighted by molar-refractivity contribution is 7.17. The van der Waals surface area contributed by atoms with Crippen molar-refractivity contribution in [2.45, 2.75) is 13.0 Å². The molecule has 2 aromatic heterocycles. The van der Waals surface area contributed by atoms with E-state index in [2.05, 4.69) is 9.97 Å². The SMILES string of the molecule is COC(=O)c1sc(N2C(=O)C(=O)C(=C(O)c3ccncc3)C2c2ccc(OC)c(OC)c2)nc1C. The number of aryl methyl sites for hydroxylation is 1. The van der Waals surface area contributed by atoms with Crippen LogP contribution in [0.2, 0.25) is 0 Å². The summed E-state index contributed by atoms with van der Waals surface area (Å²) in [5, 5.41) is 11.2. The standard InChI is InChI=1S/C24H21N3O7S/c1-12-21(23(31)34-4)35-24(26-12)27-18(14-5-6-15(32-2)16(11-14)33-3)17(20(29)22(27)30)19(28)13-7-9-25-10-8-13/h5-11,18,28H,1-4H3. The Morgan fingerprint density at radius 3 is 2.37 bits per heavy atom. The van der Waals surface area contributed by atoms with Gasteiger partial charge in [-0.2, -0.15) is 0 Å². The van der Waals surface area contributed by atoms with Gasteiger partial charge in [0, 0.05) is 18.0 Å². The molecule has 4 rings (SSSR count). The second kappa shape index (κ2) is 9.55. The fourth-order valence-electron chi connectivity index (χ4n) is 3.80. The lowest BCUT2D eigenvalue weighted by atomic mass is 9.95. The van der Waals surface area contributed by atoms with Crippen LogP contribution in [0.15, 0.2) is 48.3 Å². The van der Waals surface area contributed by atoms with E-state index in [1.807, 2.05) is 0 Å². The van der Waals surface area contributed by atoms with Gasteiger partial charge in [-0.1, -0.05) is 17.4 Å². The average molecular weight is 496 g/mol. The minimum Gasteiger partial charge on any atom is -0.507 e. The Bertz CT molecular complexity index is 1350. The predicted octanol–water partition coefficient (Wildman–Crippen LogP) is 3.28. The van der Waals surface area contributed by atoms with E-state index in [-0.39, 0.29) is 21.3 Å². The molecule has 0 saturated carbocycles. The minimum absolute atomic E-state index is 0.110. The zero-order valence-corrected chi connectivity index (χ0v) is 20.1. The van der Waals surface area contributed by atoms with Gasteiger partial charge in [0.1, 0.15) is 10.6 Å². The number of rotatable bonds is 6. The number of aliphatic hydroxyl groups is 1. The number of Topliss-reactive ketones (excluding diaryl/α,β-unsaturated/α-hetero) is 1. The van der Waals surface area contributed by atoms with Crippen molar-refractivity contribution in [3.8, 4) is 11.5 Å². The van der Waals surface area contributed by atoms with Crippen LogP contribution in [0.3, 0.4) is 0 Å². The van der Waals surface area contributed by atoms with Gasteiger partial charge in [-0.25, -0.2) is 9.78 Å². The molecule has 1 amide bonds. The lowest BCUT2D eigenvalue weighted by Gasteiger charge is -2.23. The van der Waals surface area contributed by atoms with Crippen molar-refractivity contribution in [1.82, 2.24) is 9.97 Å². The molecule has 35 heavy (non-hydrogen) atoms. The molecule has 0 aliphatic carbocycles. The number of hydrogen-bond donors (Lipinski definition) is 1. The Balaban J connectivity index is 1.96. The summed E-state index contributed by atoms with van der Waals surface area (Å²) in [6.45, 7) is 1.60. The number of carbonyl (C=O) groups excluding carboxylic acids is 3. The maximum atomic E-state index is 13.3. The van der Waals surface area contributed by atoms with Crippen molar-refractivity contribution in [2.24, 2.45) is 0 Å². The predicted molar refractivity (Wildman–Crippen MR) is 127 cm³/mol. The number of benzene rings is 1. The zero-order valence-electron chi connectivity index (χ0n) is 19.3. The number of nitrogens with zero attached hydrogens (tertiary/aromatic N) is 3. The van der Waals surface area contributed by atoms with E-state index in [0.29, 0.717) is 28.3 Å². The highest BCUT2D eigenvalue weighted by Crippen LogP contribution is 2.45. The molecule has 0 spiro atoms. The fourth-order valence-corrected chi connectivity index (χ4v) is 4.81. The third-order valence-corrected chi connectivity index (χ3v) is 6.62. The molecule has 1 aliphatic rings. The third kappa shape index (κ3) is 4.10. The number of thiazole rings is 1. The molecule has 11 heteroatoms. The van der Waals surface area contributed by atoms with Crippen molar-refractivity contribution in [1.29, 1.82) is 0 Å². The fraction of sp³-hybridized carbons (Fsp3) is 0.208. The number of aliphatic hydroxyl groups excluding tert-OH is 1. The maximum absolute atomic E-state index is 13.3. The van der Waals surface area contributed by atoms with Gasteiger partial charge < -0.3 is 19.3 Å². The summed E-state index contributed by atoms with van der Waals surface area (Å²) in [6, 6.07) is 6.90. The van der Waals surface area contributed by atoms with Crippen LogP contribution < -0.4 is 14.4 Å². The number of anilines is 1. The first-order chi connectivity index (χ1) is 16.8. The first kappa shape index (κ1) is 23.9. The Labute approximate surface area is 204 Å². The molecule has 3 aromatic rings. The molecule has 180 valence electrons. The summed E-state index contributed by atoms with van der Waals surface area (Å²) in [6.07, 6.45) is 2.92. The number of esters is 1. The molecular formula is C24H21N3O7S. The van der Waals surface area contributed by atoms with E-state index >= 15 is 0 Å². The molecule has 1 aliphatic heterocycles. The number of pyridine rings is 1. The molecule has 10 nitrogen and oxygen atoms in total. The number of amides is 1. The summed E-state index contributed by atoms with van der Waals surface area (Å²) >= 11 is 0.918. The van der Waals surface area contributed by atoms with Crippen molar-refractivity contribution in [3.05, 3.63) is 70.0 Å². The highest BCUT2D eigenvalue weighted by Gasteiger charge is 2.48. The van der Waals surface area contributed by atoms with Crippen LogP contribution in [0.25, 0.3) is 5.76 Å². The molecule has 0 radical (unpaired) electrons. The summed E-state index contributed by atoms with van der Waals surface area (Å²) in [7, 11) is 4.19. The van der Waals surface area contributed by atoms with Crippen LogP contribution in [0.4, 0.5) is 5.13 Å². The Morgan fingerprint density at radius 1 is 1.06 bits per heavy atom. The largest absolute Gasteiger partial charge is 0.507 e. The van der Waals surface area contributed by atoms with Gasteiger partial charge in [0.15, 0.2) is 16.6 Å². The Hall–Kier alpha value is -4.25. The minimum atomic E-state index is -1.06. The van der Waals surface area contributed by atoms with Crippen LogP contribution in [0.1, 0.15) is 32.5 Å². The van der Waals surface area contributed by atoms with Crippen LogP contribution in [-0.4, -0.2) is 54.1 Å². The topological polar surface area (TPSA) is 128 Å². The first-order valence-corrected chi connectivity index (χ1v) is 11.1. The molecule has 0 bridgehead atoms. The zero-order chi connectivity index (χ0) is 25.3. The highest BCUT2D eigenvalue weighted by atomic mass is 32.1. The van der Waals surface area contributed by atoms with Crippen molar-refractivity contribution < 1.29 is 33.7 Å². The molecule has 1 aromatic carbocycles. The second-order valence-corrected chi connectivity index (χ2v) is 8.40. The average Bonchev–Trinajstić information content (AvgIpc) is 3.39. The van der Waals surface area contributed by atoms with Crippen molar-refractivity contribution >= 4 is 39.9 Å². The number of ketones is 1. The quantitative estimate of drug-likeness (QED) is 0.237. The smallest absolute Gasteiger partial charge is 0.350 e. The van der Waals surface area contributed by atoms with Gasteiger partial charge in [-0.05, 0) is 36.8 Å². The van der Waals surface area contributed by atoms with Crippen LogP contribution in [0.5, 0.6) is 11.5 Å². The van der Waals surface area contributed by atoms with Gasteiger partial charge in [0.2, 0.25) is 0 Å². The number of ether oxygens (including phenoxy) is 3. The molecule has 1 unspecified atom stereocenters. The lowest BCUT2D eigenvalue weighted by molar-refractivity contribution is -0.132. The maximum Gasteiger partial charge on any atom is 0.350 e. The number of hydrogen-bond acceptors (Lipinski definition) is 10. The van der Waals surface area contributed by atoms with Gasteiger partial charge in [0.05, 0.1) is 38.6 Å². The van der Waals surface area contributed by atoms with E-state index in [0.717, 1.165) is 11.3 Å². The summed E-state index contributed by atoms with van der Waals surface area (Å²) in [5.74, 6) is -1.96. The van der Waals surface area contributed by atoms with E-state index in [4.69, 9.17) is 14.2 Å². The van der Waals surface area contributed by atoms with Gasteiger partial charge >= 0.3 is 11.9 Å². The van der Waals surface area contributed by atoms with Gasteiger partial charge in [-0.3, -0.25) is 19.5 Å². The van der Waals surface area contributed by atoms with Crippen LogP contribution >= 0.6 is 11.3 Å². The summed E-state index contributed by atoms with van der Waals surface area (Å²) in [4.78, 5) is 48.4. The second-order valence-electron chi connectivity index (χ2n) is 7.42. The third-order valence-electron chi connectivity index (χ3n) is 5.48. The molecule has 1 N–H and O–H groups in total. The van der Waals surface area contributed by atoms with E-state index in [1.54, 1.807) is 25.1 Å². The van der Waals surface area contributed by atoms with Crippen molar-refractivity contribution in [2.75, 3.05) is 26.2 Å². The summed E-state index contributed by atoms with van der Waals surface area (Å²) in [5.41, 5.74) is 0.985. The van der Waals surface area contributed by atoms with E-state index in [9.17, 15) is 19.5 Å². The van der Waals surface area contributed by atoms with Gasteiger partial charge in [-0.15, -0.1) is 0 Å². The van der Waals surface area contributed by atoms with Crippen molar-refractivity contribution in [3.63, 3.8) is 0 Å². The molecule has 1 atom stereocenters. The number of carbonyl (C=O) groups is 3. The van der Waals surface area contributed by atoms with Crippen LogP contribution in [-0.2, 0) is 14.3 Å². The normalized spacial score (nSPS) is 16.9. The summed E-state index contributed by atoms with van der Waals surface area (Å²) < 4.78 is 15.5. The molecule has 1 fully saturated rings.